The zero-order valence-electron chi connectivity index (χ0n) is 10.4. The summed E-state index contributed by atoms with van der Waals surface area (Å²) in [7, 11) is 0. The van der Waals surface area contributed by atoms with Crippen molar-refractivity contribution in [1.29, 1.82) is 0 Å². The molecule has 2 aromatic rings. The highest BCUT2D eigenvalue weighted by Crippen LogP contribution is 2.16. The molecule has 94 valence electrons. The summed E-state index contributed by atoms with van der Waals surface area (Å²) in [4.78, 5) is 22.7. The van der Waals surface area contributed by atoms with Gasteiger partial charge in [-0.1, -0.05) is 19.4 Å². The zero-order chi connectivity index (χ0) is 13.1. The van der Waals surface area contributed by atoms with E-state index in [-0.39, 0.29) is 11.4 Å². The van der Waals surface area contributed by atoms with Crippen molar-refractivity contribution in [3.8, 4) is 17.4 Å². The number of hydrogen-bond donors (Lipinski definition) is 2. The monoisotopic (exact) mass is 245 g/mol. The molecule has 0 aliphatic heterocycles. The van der Waals surface area contributed by atoms with E-state index in [2.05, 4.69) is 15.0 Å². The van der Waals surface area contributed by atoms with E-state index in [1.165, 1.54) is 0 Å². The van der Waals surface area contributed by atoms with Crippen LogP contribution in [0.15, 0.2) is 23.0 Å². The maximum absolute atomic E-state index is 11.8. The Morgan fingerprint density at radius 3 is 2.72 bits per heavy atom. The minimum Gasteiger partial charge on any atom is -0.493 e. The van der Waals surface area contributed by atoms with Crippen LogP contribution in [0.5, 0.6) is 5.88 Å². The third kappa shape index (κ3) is 2.40. The topological polar surface area (TPSA) is 78.9 Å². The Bertz CT molecular complexity index is 620. The second-order valence-corrected chi connectivity index (χ2v) is 4.13. The molecule has 0 spiro atoms. The first kappa shape index (κ1) is 12.3. The van der Waals surface area contributed by atoms with Crippen molar-refractivity contribution in [2.24, 2.45) is 0 Å². The van der Waals surface area contributed by atoms with Gasteiger partial charge in [0.05, 0.1) is 5.56 Å². The first-order valence-electron chi connectivity index (χ1n) is 5.88. The highest BCUT2D eigenvalue weighted by atomic mass is 16.3. The number of nitrogens with zero attached hydrogens (tertiary/aromatic N) is 2. The Morgan fingerprint density at radius 2 is 2.11 bits per heavy atom. The van der Waals surface area contributed by atoms with E-state index in [9.17, 15) is 9.90 Å². The molecular weight excluding hydrogens is 230 g/mol. The van der Waals surface area contributed by atoms with E-state index < -0.39 is 0 Å². The molecule has 0 bridgehead atoms. The van der Waals surface area contributed by atoms with Crippen molar-refractivity contribution >= 4 is 0 Å². The summed E-state index contributed by atoms with van der Waals surface area (Å²) < 4.78 is 0. The Kier molecular flexibility index (Phi) is 3.41. The first-order valence-corrected chi connectivity index (χ1v) is 5.88. The van der Waals surface area contributed by atoms with Crippen LogP contribution < -0.4 is 5.56 Å². The molecule has 0 radical (unpaired) electrons. The fraction of sp³-hybridized carbons (Fsp3) is 0.308. The highest BCUT2D eigenvalue weighted by Gasteiger charge is 2.11. The fourth-order valence-electron chi connectivity index (χ4n) is 1.76. The SMILES string of the molecule is CCCc1c(O)nc(-c2cccc(C)n2)[nH]c1=O. The van der Waals surface area contributed by atoms with Crippen LogP contribution in [0.1, 0.15) is 24.6 Å². The summed E-state index contributed by atoms with van der Waals surface area (Å²) in [6.45, 7) is 3.79. The van der Waals surface area contributed by atoms with Crippen molar-refractivity contribution in [1.82, 2.24) is 15.0 Å². The van der Waals surface area contributed by atoms with Crippen LogP contribution >= 0.6 is 0 Å². The van der Waals surface area contributed by atoms with Gasteiger partial charge in [0.1, 0.15) is 5.69 Å². The molecule has 0 saturated carbocycles. The average molecular weight is 245 g/mol. The van der Waals surface area contributed by atoms with Gasteiger partial charge in [-0.05, 0) is 25.5 Å². The Balaban J connectivity index is 2.51. The molecule has 2 heterocycles. The van der Waals surface area contributed by atoms with E-state index in [0.29, 0.717) is 23.5 Å². The van der Waals surface area contributed by atoms with Crippen LogP contribution in [-0.2, 0) is 6.42 Å². The van der Waals surface area contributed by atoms with Crippen LogP contribution in [-0.4, -0.2) is 20.1 Å². The van der Waals surface area contributed by atoms with E-state index in [4.69, 9.17) is 0 Å². The van der Waals surface area contributed by atoms with Gasteiger partial charge in [-0.25, -0.2) is 4.98 Å². The molecular formula is C13H15N3O2. The molecule has 0 aliphatic rings. The second kappa shape index (κ2) is 5.00. The van der Waals surface area contributed by atoms with Gasteiger partial charge in [-0.3, -0.25) is 4.79 Å². The van der Waals surface area contributed by atoms with Crippen LogP contribution in [0.3, 0.4) is 0 Å². The molecule has 0 atom stereocenters. The lowest BCUT2D eigenvalue weighted by atomic mass is 10.2. The number of rotatable bonds is 3. The van der Waals surface area contributed by atoms with Gasteiger partial charge in [0.15, 0.2) is 5.82 Å². The Morgan fingerprint density at radius 1 is 1.33 bits per heavy atom. The predicted molar refractivity (Wildman–Crippen MR) is 68.5 cm³/mol. The lowest BCUT2D eigenvalue weighted by molar-refractivity contribution is 0.443. The van der Waals surface area contributed by atoms with Crippen LogP contribution in [0.25, 0.3) is 11.5 Å². The van der Waals surface area contributed by atoms with E-state index >= 15 is 0 Å². The number of pyridine rings is 1. The maximum atomic E-state index is 11.8. The maximum Gasteiger partial charge on any atom is 0.258 e. The van der Waals surface area contributed by atoms with Gasteiger partial charge in [-0.15, -0.1) is 0 Å². The molecule has 0 aliphatic carbocycles. The van der Waals surface area contributed by atoms with Gasteiger partial charge in [0.25, 0.3) is 5.56 Å². The van der Waals surface area contributed by atoms with Gasteiger partial charge in [0.2, 0.25) is 5.88 Å². The lowest BCUT2D eigenvalue weighted by Crippen LogP contribution is -2.15. The molecule has 5 nitrogen and oxygen atoms in total. The summed E-state index contributed by atoms with van der Waals surface area (Å²) in [5.74, 6) is 0.0833. The predicted octanol–water partition coefficient (Wildman–Crippen LogP) is 1.80. The molecule has 0 aromatic carbocycles. The number of hydrogen-bond acceptors (Lipinski definition) is 4. The standard InChI is InChI=1S/C13H15N3O2/c1-3-5-9-12(17)15-11(16-13(9)18)10-7-4-6-8(2)14-10/h4,6-7H,3,5H2,1-2H3,(H2,15,16,17,18). The van der Waals surface area contributed by atoms with Crippen molar-refractivity contribution in [3.63, 3.8) is 0 Å². The second-order valence-electron chi connectivity index (χ2n) is 4.13. The van der Waals surface area contributed by atoms with Crippen LogP contribution in [0.4, 0.5) is 0 Å². The summed E-state index contributed by atoms with van der Waals surface area (Å²) in [5.41, 5.74) is 1.40. The minimum atomic E-state index is -0.303. The van der Waals surface area contributed by atoms with E-state index in [1.54, 1.807) is 6.07 Å². The molecule has 2 aromatic heterocycles. The smallest absolute Gasteiger partial charge is 0.258 e. The van der Waals surface area contributed by atoms with Crippen molar-refractivity contribution in [3.05, 3.63) is 39.8 Å². The van der Waals surface area contributed by atoms with Gasteiger partial charge in [0, 0.05) is 5.69 Å². The zero-order valence-corrected chi connectivity index (χ0v) is 10.4. The number of aromatic amines is 1. The lowest BCUT2D eigenvalue weighted by Gasteiger charge is -2.05. The fourth-order valence-corrected chi connectivity index (χ4v) is 1.76. The summed E-state index contributed by atoms with van der Waals surface area (Å²) >= 11 is 0. The molecule has 18 heavy (non-hydrogen) atoms. The quantitative estimate of drug-likeness (QED) is 0.864. The van der Waals surface area contributed by atoms with Crippen molar-refractivity contribution in [2.75, 3.05) is 0 Å². The molecule has 0 unspecified atom stereocenters. The average Bonchev–Trinajstić information content (AvgIpc) is 2.33. The molecule has 5 heteroatoms. The Labute approximate surface area is 105 Å². The number of nitrogens with one attached hydrogen (secondary N) is 1. The summed E-state index contributed by atoms with van der Waals surface area (Å²) in [6.07, 6.45) is 1.29. The summed E-state index contributed by atoms with van der Waals surface area (Å²) in [5, 5.41) is 9.78. The normalized spacial score (nSPS) is 10.6. The Hall–Kier alpha value is -2.17. The van der Waals surface area contributed by atoms with Gasteiger partial charge >= 0.3 is 0 Å². The van der Waals surface area contributed by atoms with Crippen molar-refractivity contribution in [2.45, 2.75) is 26.7 Å². The third-order valence-electron chi connectivity index (χ3n) is 2.62. The number of aromatic nitrogens is 3. The van der Waals surface area contributed by atoms with Crippen LogP contribution in [0, 0.1) is 6.92 Å². The number of aryl methyl sites for hydroxylation is 1. The molecule has 2 rings (SSSR count). The van der Waals surface area contributed by atoms with E-state index in [1.807, 2.05) is 26.0 Å². The highest BCUT2D eigenvalue weighted by molar-refractivity contribution is 5.50. The molecule has 0 fully saturated rings. The number of aromatic hydroxyl groups is 1. The molecule has 0 saturated heterocycles. The third-order valence-corrected chi connectivity index (χ3v) is 2.62. The summed E-state index contributed by atoms with van der Waals surface area (Å²) in [6, 6.07) is 5.42. The molecule has 2 N–H and O–H groups in total. The van der Waals surface area contributed by atoms with E-state index in [0.717, 1.165) is 12.1 Å². The van der Waals surface area contributed by atoms with Gasteiger partial charge < -0.3 is 10.1 Å². The minimum absolute atomic E-state index is 0.209. The van der Waals surface area contributed by atoms with Gasteiger partial charge in [-0.2, -0.15) is 4.98 Å². The van der Waals surface area contributed by atoms with Crippen molar-refractivity contribution < 1.29 is 5.11 Å². The molecule has 0 amide bonds. The number of H-pyrrole nitrogens is 1. The van der Waals surface area contributed by atoms with Crippen LogP contribution in [0.2, 0.25) is 0 Å². The largest absolute Gasteiger partial charge is 0.493 e. The first-order chi connectivity index (χ1) is 8.61.